The van der Waals surface area contributed by atoms with E-state index in [1.165, 1.54) is 6.07 Å². The summed E-state index contributed by atoms with van der Waals surface area (Å²) in [4.78, 5) is 39.7. The third-order valence-electron chi connectivity index (χ3n) is 4.80. The Hall–Kier alpha value is -4.46. The number of amides is 1. The van der Waals surface area contributed by atoms with Crippen LogP contribution in [0.3, 0.4) is 0 Å². The third kappa shape index (κ3) is 3.99. The Bertz CT molecular complexity index is 1340. The van der Waals surface area contributed by atoms with Crippen LogP contribution in [0.1, 0.15) is 15.9 Å². The van der Waals surface area contributed by atoms with Crippen molar-refractivity contribution in [2.45, 2.75) is 6.54 Å². The molecule has 0 unspecified atom stereocenters. The molecule has 0 saturated heterocycles. The predicted molar refractivity (Wildman–Crippen MR) is 118 cm³/mol. The molecule has 0 fully saturated rings. The molecule has 4 rings (SSSR count). The Morgan fingerprint density at radius 1 is 0.968 bits per heavy atom. The number of hydrogen-bond donors (Lipinski definition) is 4. The number of phenolic OH excluding ortho intramolecular Hbond substituents is 1. The molecule has 0 spiro atoms. The van der Waals surface area contributed by atoms with Crippen LogP contribution in [0.15, 0.2) is 76.4 Å². The van der Waals surface area contributed by atoms with E-state index < -0.39 is 16.8 Å². The Kier molecular flexibility index (Phi) is 5.19. The minimum Gasteiger partial charge on any atom is -0.507 e. The zero-order chi connectivity index (χ0) is 22.0. The normalized spacial score (nSPS) is 10.7. The number of nitrogens with one attached hydrogen (secondary N) is 2. The number of pyridine rings is 1. The largest absolute Gasteiger partial charge is 0.507 e. The van der Waals surface area contributed by atoms with Crippen molar-refractivity contribution in [3.05, 3.63) is 98.4 Å². The molecular formula is C23H18N4O4. The summed E-state index contributed by atoms with van der Waals surface area (Å²) in [5.41, 5.74) is 6.98. The van der Waals surface area contributed by atoms with Crippen LogP contribution in [0.4, 0.5) is 17.1 Å². The topological polar surface area (TPSA) is 134 Å². The summed E-state index contributed by atoms with van der Waals surface area (Å²) in [6.45, 7) is 0.232. The summed E-state index contributed by atoms with van der Waals surface area (Å²) < 4.78 is 0. The standard InChI is InChI=1S/C23H18N4O4/c24-23(31)14-5-3-4-13(10-14)12-26-19-20(22(30)21(19)29)27-15-7-8-18(28)16(11-15)17-6-1-2-9-25-17/h1-11,26-28H,12H2,(H2,24,31). The van der Waals surface area contributed by atoms with Gasteiger partial charge in [0.1, 0.15) is 17.1 Å². The molecule has 0 aliphatic carbocycles. The van der Waals surface area contributed by atoms with E-state index in [0.717, 1.165) is 5.56 Å². The second-order valence-electron chi connectivity index (χ2n) is 6.90. The lowest BCUT2D eigenvalue weighted by Crippen LogP contribution is -2.36. The number of anilines is 3. The Balaban J connectivity index is 1.56. The van der Waals surface area contributed by atoms with Crippen molar-refractivity contribution in [2.75, 3.05) is 10.6 Å². The average molecular weight is 414 g/mol. The van der Waals surface area contributed by atoms with E-state index in [-0.39, 0.29) is 23.7 Å². The predicted octanol–water partition coefficient (Wildman–Crippen LogP) is 2.50. The molecule has 5 N–H and O–H groups in total. The van der Waals surface area contributed by atoms with Gasteiger partial charge < -0.3 is 21.5 Å². The fourth-order valence-corrected chi connectivity index (χ4v) is 3.19. The highest BCUT2D eigenvalue weighted by Gasteiger charge is 2.21. The first-order valence-electron chi connectivity index (χ1n) is 9.41. The van der Waals surface area contributed by atoms with Gasteiger partial charge in [0.25, 0.3) is 10.9 Å². The molecule has 0 bridgehead atoms. The fourth-order valence-electron chi connectivity index (χ4n) is 3.19. The summed E-state index contributed by atoms with van der Waals surface area (Å²) >= 11 is 0. The van der Waals surface area contributed by atoms with Gasteiger partial charge in [0.05, 0.1) is 5.69 Å². The highest BCUT2D eigenvalue weighted by atomic mass is 16.3. The Morgan fingerprint density at radius 3 is 2.52 bits per heavy atom. The average Bonchev–Trinajstić information content (AvgIpc) is 2.80. The van der Waals surface area contributed by atoms with Gasteiger partial charge in [-0.1, -0.05) is 18.2 Å². The lowest BCUT2D eigenvalue weighted by molar-refractivity contribution is 0.1000. The molecule has 0 atom stereocenters. The summed E-state index contributed by atoms with van der Waals surface area (Å²) in [6.07, 6.45) is 1.61. The molecule has 3 aromatic carbocycles. The van der Waals surface area contributed by atoms with Gasteiger partial charge in [-0.15, -0.1) is 0 Å². The van der Waals surface area contributed by atoms with E-state index in [1.54, 1.807) is 60.8 Å². The van der Waals surface area contributed by atoms with Crippen molar-refractivity contribution in [2.24, 2.45) is 5.73 Å². The maximum Gasteiger partial charge on any atom is 0.253 e. The first kappa shape index (κ1) is 19.8. The van der Waals surface area contributed by atoms with Crippen molar-refractivity contribution >= 4 is 23.0 Å². The molecule has 0 aliphatic heterocycles. The molecule has 4 aromatic rings. The van der Waals surface area contributed by atoms with Crippen LogP contribution in [0.5, 0.6) is 5.75 Å². The fraction of sp³-hybridized carbons (Fsp3) is 0.0435. The van der Waals surface area contributed by atoms with Gasteiger partial charge in [-0.2, -0.15) is 0 Å². The molecule has 0 aliphatic rings. The lowest BCUT2D eigenvalue weighted by atomic mass is 10.1. The number of phenols is 1. The van der Waals surface area contributed by atoms with Gasteiger partial charge in [-0.05, 0) is 48.0 Å². The summed E-state index contributed by atoms with van der Waals surface area (Å²) in [6, 6.07) is 16.7. The first-order valence-corrected chi connectivity index (χ1v) is 9.41. The Labute approximate surface area is 176 Å². The molecule has 8 heteroatoms. The molecule has 8 nitrogen and oxygen atoms in total. The van der Waals surface area contributed by atoms with Gasteiger partial charge in [-0.3, -0.25) is 19.4 Å². The van der Waals surface area contributed by atoms with E-state index in [1.807, 2.05) is 0 Å². The van der Waals surface area contributed by atoms with Crippen molar-refractivity contribution in [1.82, 2.24) is 4.98 Å². The van der Waals surface area contributed by atoms with Gasteiger partial charge in [0, 0.05) is 29.6 Å². The molecule has 0 saturated carbocycles. The van der Waals surface area contributed by atoms with Crippen LogP contribution in [0.25, 0.3) is 11.3 Å². The van der Waals surface area contributed by atoms with Crippen molar-refractivity contribution in [3.8, 4) is 17.0 Å². The molecule has 31 heavy (non-hydrogen) atoms. The second-order valence-corrected chi connectivity index (χ2v) is 6.90. The van der Waals surface area contributed by atoms with Gasteiger partial charge in [0.15, 0.2) is 0 Å². The number of primary amides is 1. The zero-order valence-electron chi connectivity index (χ0n) is 16.3. The maximum absolute atomic E-state index is 12.1. The van der Waals surface area contributed by atoms with Gasteiger partial charge in [0.2, 0.25) is 5.91 Å². The summed E-state index contributed by atoms with van der Waals surface area (Å²) in [5, 5.41) is 16.1. The molecule has 1 amide bonds. The number of aromatic hydroxyl groups is 1. The summed E-state index contributed by atoms with van der Waals surface area (Å²) in [5.74, 6) is -0.503. The molecule has 1 aromatic heterocycles. The molecule has 154 valence electrons. The highest BCUT2D eigenvalue weighted by molar-refractivity contribution is 5.93. The number of rotatable bonds is 7. The van der Waals surface area contributed by atoms with Gasteiger partial charge >= 0.3 is 0 Å². The van der Waals surface area contributed by atoms with Crippen molar-refractivity contribution in [1.29, 1.82) is 0 Å². The number of nitrogens with two attached hydrogens (primary N) is 1. The van der Waals surface area contributed by atoms with Crippen LogP contribution in [0, 0.1) is 0 Å². The van der Waals surface area contributed by atoms with Gasteiger partial charge in [-0.25, -0.2) is 0 Å². The van der Waals surface area contributed by atoms with E-state index in [9.17, 15) is 19.5 Å². The monoisotopic (exact) mass is 414 g/mol. The highest BCUT2D eigenvalue weighted by Crippen LogP contribution is 2.32. The van der Waals surface area contributed by atoms with Crippen LogP contribution in [-0.4, -0.2) is 16.0 Å². The number of aromatic nitrogens is 1. The number of hydrogen-bond acceptors (Lipinski definition) is 7. The molecule has 1 heterocycles. The minimum atomic E-state index is -0.638. The SMILES string of the molecule is NC(=O)c1cccc(CNc2c(Nc3ccc(O)c(-c4ccccn4)c3)c(=O)c2=O)c1. The van der Waals surface area contributed by atoms with Crippen LogP contribution < -0.4 is 27.2 Å². The van der Waals surface area contributed by atoms with E-state index in [4.69, 9.17) is 5.73 Å². The maximum atomic E-state index is 12.1. The smallest absolute Gasteiger partial charge is 0.253 e. The van der Waals surface area contributed by atoms with Crippen LogP contribution >= 0.6 is 0 Å². The number of benzene rings is 2. The third-order valence-corrected chi connectivity index (χ3v) is 4.80. The summed E-state index contributed by atoms with van der Waals surface area (Å²) in [7, 11) is 0. The number of carbonyl (C=O) groups excluding carboxylic acids is 1. The first-order chi connectivity index (χ1) is 14.9. The minimum absolute atomic E-state index is 0.0434. The lowest BCUT2D eigenvalue weighted by Gasteiger charge is -2.16. The quantitative estimate of drug-likeness (QED) is 0.270. The second kappa shape index (κ2) is 8.11. The van der Waals surface area contributed by atoms with E-state index in [0.29, 0.717) is 22.5 Å². The van der Waals surface area contributed by atoms with Crippen LogP contribution in [-0.2, 0) is 6.54 Å². The van der Waals surface area contributed by atoms with Crippen LogP contribution in [0.2, 0.25) is 0 Å². The van der Waals surface area contributed by atoms with Crippen molar-refractivity contribution in [3.63, 3.8) is 0 Å². The number of carbonyl (C=O) groups is 1. The molecule has 0 radical (unpaired) electrons. The van der Waals surface area contributed by atoms with E-state index in [2.05, 4.69) is 15.6 Å². The Morgan fingerprint density at radius 2 is 1.77 bits per heavy atom. The van der Waals surface area contributed by atoms with Crippen molar-refractivity contribution < 1.29 is 9.90 Å². The van der Waals surface area contributed by atoms with E-state index >= 15 is 0 Å². The zero-order valence-corrected chi connectivity index (χ0v) is 16.3. The number of nitrogens with zero attached hydrogens (tertiary/aromatic N) is 1. The molecular weight excluding hydrogens is 396 g/mol.